The fourth-order valence-electron chi connectivity index (χ4n) is 2.87. The SMILES string of the molecule is C(=C\c1ccc(-c2ccccc2)cc1)/c1ccc([Si]c2ccccn2)cc1. The average Bonchev–Trinajstić information content (AvgIpc) is 2.75. The molecule has 0 bridgehead atoms. The predicted molar refractivity (Wildman–Crippen MR) is 117 cm³/mol. The van der Waals surface area contributed by atoms with Crippen molar-refractivity contribution in [3.63, 3.8) is 0 Å². The molecule has 1 nitrogen and oxygen atoms in total. The minimum absolute atomic E-state index is 0.597. The summed E-state index contributed by atoms with van der Waals surface area (Å²) in [6.45, 7) is 0. The largest absolute Gasteiger partial charge is 0.266 e. The van der Waals surface area contributed by atoms with Gasteiger partial charge in [0.1, 0.15) is 9.52 Å². The molecule has 0 saturated heterocycles. The number of benzene rings is 3. The van der Waals surface area contributed by atoms with Crippen LogP contribution < -0.4 is 10.5 Å². The molecule has 0 atom stereocenters. The van der Waals surface area contributed by atoms with Gasteiger partial charge in [-0.25, -0.2) is 0 Å². The van der Waals surface area contributed by atoms with Crippen LogP contribution in [0.25, 0.3) is 23.3 Å². The van der Waals surface area contributed by atoms with Crippen LogP contribution in [0.15, 0.2) is 103 Å². The summed E-state index contributed by atoms with van der Waals surface area (Å²) < 4.78 is 0. The second kappa shape index (κ2) is 8.43. The molecule has 1 heterocycles. The van der Waals surface area contributed by atoms with Gasteiger partial charge in [0.2, 0.25) is 0 Å². The maximum absolute atomic E-state index is 4.40. The summed E-state index contributed by atoms with van der Waals surface area (Å²) in [4.78, 5) is 4.40. The first-order valence-electron chi connectivity index (χ1n) is 8.98. The highest BCUT2D eigenvalue weighted by Crippen LogP contribution is 2.20. The fraction of sp³-hybridized carbons (Fsp3) is 0. The molecule has 128 valence electrons. The van der Waals surface area contributed by atoms with Crippen molar-refractivity contribution < 1.29 is 0 Å². The molecule has 0 spiro atoms. The Balaban J connectivity index is 1.42. The van der Waals surface area contributed by atoms with Crippen LogP contribution in [0.2, 0.25) is 0 Å². The lowest BCUT2D eigenvalue weighted by Crippen LogP contribution is -2.28. The molecule has 0 amide bonds. The molecule has 2 heteroatoms. The maximum Gasteiger partial charge on any atom is 0.147 e. The predicted octanol–water partition coefficient (Wildman–Crippen LogP) is 4.57. The van der Waals surface area contributed by atoms with E-state index in [1.54, 1.807) is 0 Å². The van der Waals surface area contributed by atoms with E-state index in [2.05, 4.69) is 96.0 Å². The number of aromatic nitrogens is 1. The van der Waals surface area contributed by atoms with Crippen LogP contribution in [-0.4, -0.2) is 14.5 Å². The van der Waals surface area contributed by atoms with E-state index in [1.807, 2.05) is 24.4 Å². The van der Waals surface area contributed by atoms with E-state index in [-0.39, 0.29) is 0 Å². The maximum atomic E-state index is 4.40. The standard InChI is InChI=1S/C25H19NSi/c1-2-6-22(7-3-1)23-15-11-20(12-16-23)9-10-21-13-17-24(18-14-21)27-25-8-4-5-19-26-25/h1-19H/b10-9+. The van der Waals surface area contributed by atoms with Crippen LogP contribution in [-0.2, 0) is 0 Å². The zero-order valence-corrected chi connectivity index (χ0v) is 15.9. The Morgan fingerprint density at radius 1 is 0.556 bits per heavy atom. The molecule has 0 N–H and O–H groups in total. The van der Waals surface area contributed by atoms with Gasteiger partial charge in [-0.15, -0.1) is 0 Å². The third-order valence-corrected chi connectivity index (χ3v) is 5.51. The van der Waals surface area contributed by atoms with E-state index in [1.165, 1.54) is 27.4 Å². The van der Waals surface area contributed by atoms with Gasteiger partial charge < -0.3 is 0 Å². The van der Waals surface area contributed by atoms with Crippen molar-refractivity contribution in [3.05, 3.63) is 114 Å². The van der Waals surface area contributed by atoms with Gasteiger partial charge in [-0.3, -0.25) is 4.98 Å². The number of hydrogen-bond donors (Lipinski definition) is 0. The van der Waals surface area contributed by atoms with Gasteiger partial charge in [-0.05, 0) is 34.4 Å². The first kappa shape index (κ1) is 17.2. The summed E-state index contributed by atoms with van der Waals surface area (Å²) in [7, 11) is 0.597. The second-order valence-electron chi connectivity index (χ2n) is 6.28. The summed E-state index contributed by atoms with van der Waals surface area (Å²) in [6.07, 6.45) is 6.17. The van der Waals surface area contributed by atoms with Gasteiger partial charge in [0.25, 0.3) is 0 Å². The Morgan fingerprint density at radius 2 is 1.15 bits per heavy atom. The summed E-state index contributed by atoms with van der Waals surface area (Å²) in [5.74, 6) is 0. The van der Waals surface area contributed by atoms with Crippen molar-refractivity contribution in [1.29, 1.82) is 0 Å². The highest BCUT2D eigenvalue weighted by molar-refractivity contribution is 6.66. The molecule has 4 aromatic rings. The second-order valence-corrected chi connectivity index (χ2v) is 7.62. The van der Waals surface area contributed by atoms with Gasteiger partial charge >= 0.3 is 0 Å². The number of nitrogens with zero attached hydrogens (tertiary/aromatic N) is 1. The zero-order chi connectivity index (χ0) is 18.3. The topological polar surface area (TPSA) is 12.9 Å². The molecule has 0 fully saturated rings. The Bertz CT molecular complexity index is 1010. The summed E-state index contributed by atoms with van der Waals surface area (Å²) in [5, 5.41) is 2.43. The highest BCUT2D eigenvalue weighted by atomic mass is 28.2. The Hall–Kier alpha value is -3.23. The molecule has 3 aromatic carbocycles. The van der Waals surface area contributed by atoms with E-state index < -0.39 is 0 Å². The Kier molecular flexibility index (Phi) is 5.37. The highest BCUT2D eigenvalue weighted by Gasteiger charge is 1.99. The van der Waals surface area contributed by atoms with E-state index in [0.717, 1.165) is 5.32 Å². The van der Waals surface area contributed by atoms with Crippen molar-refractivity contribution in [3.8, 4) is 11.1 Å². The lowest BCUT2D eigenvalue weighted by molar-refractivity contribution is 1.39. The van der Waals surface area contributed by atoms with Gasteiger partial charge in [-0.2, -0.15) is 0 Å². The Morgan fingerprint density at radius 3 is 1.78 bits per heavy atom. The molecule has 0 aliphatic carbocycles. The molecule has 0 aliphatic rings. The van der Waals surface area contributed by atoms with Crippen LogP contribution in [0.5, 0.6) is 0 Å². The summed E-state index contributed by atoms with van der Waals surface area (Å²) in [5.41, 5.74) is 4.90. The van der Waals surface area contributed by atoms with Gasteiger partial charge in [-0.1, -0.05) is 102 Å². The summed E-state index contributed by atoms with van der Waals surface area (Å²) >= 11 is 0. The Labute approximate surface area is 162 Å². The monoisotopic (exact) mass is 361 g/mol. The number of pyridine rings is 1. The number of hydrogen-bond acceptors (Lipinski definition) is 1. The minimum Gasteiger partial charge on any atom is -0.266 e. The molecule has 27 heavy (non-hydrogen) atoms. The lowest BCUT2D eigenvalue weighted by atomic mass is 10.0. The molecule has 0 saturated carbocycles. The first-order chi connectivity index (χ1) is 13.4. The molecular weight excluding hydrogens is 342 g/mol. The lowest BCUT2D eigenvalue weighted by Gasteiger charge is -2.02. The van der Waals surface area contributed by atoms with Crippen molar-refractivity contribution in [1.82, 2.24) is 4.98 Å². The van der Waals surface area contributed by atoms with Gasteiger partial charge in [0.05, 0.1) is 0 Å². The van der Waals surface area contributed by atoms with E-state index in [4.69, 9.17) is 0 Å². The van der Waals surface area contributed by atoms with E-state index in [0.29, 0.717) is 9.52 Å². The molecule has 0 unspecified atom stereocenters. The normalized spacial score (nSPS) is 11.0. The fourth-order valence-corrected chi connectivity index (χ4v) is 3.82. The van der Waals surface area contributed by atoms with E-state index in [9.17, 15) is 0 Å². The smallest absolute Gasteiger partial charge is 0.147 e. The van der Waals surface area contributed by atoms with Gasteiger partial charge in [0.15, 0.2) is 0 Å². The molecular formula is C25H19NSi. The first-order valence-corrected chi connectivity index (χ1v) is 9.98. The summed E-state index contributed by atoms with van der Waals surface area (Å²) in [6, 6.07) is 33.9. The molecule has 0 aliphatic heterocycles. The third-order valence-electron chi connectivity index (χ3n) is 4.33. The van der Waals surface area contributed by atoms with Crippen molar-refractivity contribution in [2.45, 2.75) is 0 Å². The minimum atomic E-state index is 0.597. The van der Waals surface area contributed by atoms with Crippen LogP contribution in [0, 0.1) is 0 Å². The van der Waals surface area contributed by atoms with E-state index >= 15 is 0 Å². The number of rotatable bonds is 5. The molecule has 2 radical (unpaired) electrons. The van der Waals surface area contributed by atoms with Crippen LogP contribution in [0.3, 0.4) is 0 Å². The van der Waals surface area contributed by atoms with Crippen molar-refractivity contribution in [2.24, 2.45) is 0 Å². The molecule has 4 rings (SSSR count). The van der Waals surface area contributed by atoms with Crippen LogP contribution in [0.1, 0.15) is 11.1 Å². The van der Waals surface area contributed by atoms with Crippen molar-refractivity contribution in [2.75, 3.05) is 0 Å². The average molecular weight is 362 g/mol. The van der Waals surface area contributed by atoms with Crippen molar-refractivity contribution >= 4 is 32.2 Å². The van der Waals surface area contributed by atoms with Crippen LogP contribution >= 0.6 is 0 Å². The van der Waals surface area contributed by atoms with Crippen LogP contribution in [0.4, 0.5) is 0 Å². The van der Waals surface area contributed by atoms with Gasteiger partial charge in [0, 0.05) is 11.5 Å². The zero-order valence-electron chi connectivity index (χ0n) is 14.9. The molecule has 1 aromatic heterocycles. The third kappa shape index (κ3) is 4.69. The quantitative estimate of drug-likeness (QED) is 0.375.